The number of aromatic hydroxyl groups is 1. The maximum Gasteiger partial charge on any atom is 0.231 e. The van der Waals surface area contributed by atoms with Gasteiger partial charge in [0.15, 0.2) is 11.5 Å². The predicted molar refractivity (Wildman–Crippen MR) is 79.7 cm³/mol. The predicted octanol–water partition coefficient (Wildman–Crippen LogP) is 3.64. The lowest BCUT2D eigenvalue weighted by Crippen LogP contribution is -1.92. The summed E-state index contributed by atoms with van der Waals surface area (Å²) in [5, 5.41) is 11.7. The van der Waals surface area contributed by atoms with Crippen LogP contribution in [0.2, 0.25) is 0 Å². The van der Waals surface area contributed by atoms with Gasteiger partial charge in [-0.15, -0.1) is 0 Å². The number of aryl methyl sites for hydroxylation is 1. The van der Waals surface area contributed by atoms with Gasteiger partial charge >= 0.3 is 0 Å². The van der Waals surface area contributed by atoms with Crippen molar-refractivity contribution < 1.29 is 14.6 Å². The molecule has 104 valence electrons. The van der Waals surface area contributed by atoms with Crippen molar-refractivity contribution in [2.75, 3.05) is 6.79 Å². The van der Waals surface area contributed by atoms with Crippen LogP contribution in [0.3, 0.4) is 0 Å². The van der Waals surface area contributed by atoms with Crippen LogP contribution in [0.5, 0.6) is 17.2 Å². The summed E-state index contributed by atoms with van der Waals surface area (Å²) in [6.45, 7) is 2.20. The van der Waals surface area contributed by atoms with Crippen molar-refractivity contribution >= 4 is 10.8 Å². The Labute approximate surface area is 121 Å². The number of rotatable bonds is 1. The molecule has 1 aliphatic rings. The first-order chi connectivity index (χ1) is 10.2. The molecule has 4 heteroatoms. The zero-order valence-electron chi connectivity index (χ0n) is 11.5. The van der Waals surface area contributed by atoms with Crippen molar-refractivity contribution in [2.45, 2.75) is 6.92 Å². The van der Waals surface area contributed by atoms with Crippen LogP contribution in [0.4, 0.5) is 0 Å². The lowest BCUT2D eigenvalue weighted by atomic mass is 10.0. The fourth-order valence-corrected chi connectivity index (χ4v) is 2.65. The zero-order valence-corrected chi connectivity index (χ0v) is 11.5. The molecular formula is C17H13NO3. The highest BCUT2D eigenvalue weighted by atomic mass is 16.7. The summed E-state index contributed by atoms with van der Waals surface area (Å²) in [5.74, 6) is 1.72. The number of phenols is 1. The minimum absolute atomic E-state index is 0.227. The van der Waals surface area contributed by atoms with Gasteiger partial charge in [-0.05, 0) is 42.6 Å². The molecule has 0 saturated heterocycles. The summed E-state index contributed by atoms with van der Waals surface area (Å²) in [6, 6.07) is 13.0. The van der Waals surface area contributed by atoms with E-state index in [1.54, 1.807) is 12.1 Å². The summed E-state index contributed by atoms with van der Waals surface area (Å²) >= 11 is 0. The Hall–Kier alpha value is -2.75. The van der Waals surface area contributed by atoms with E-state index in [0.29, 0.717) is 0 Å². The molecular weight excluding hydrogens is 266 g/mol. The van der Waals surface area contributed by atoms with Crippen LogP contribution in [0.1, 0.15) is 5.69 Å². The topological polar surface area (TPSA) is 51.6 Å². The molecule has 0 bridgehead atoms. The molecule has 1 aliphatic heterocycles. The van der Waals surface area contributed by atoms with Crippen LogP contribution in [-0.2, 0) is 0 Å². The van der Waals surface area contributed by atoms with Gasteiger partial charge < -0.3 is 14.6 Å². The number of fused-ring (bicyclic) bond motifs is 2. The summed E-state index contributed by atoms with van der Waals surface area (Å²) < 4.78 is 10.9. The van der Waals surface area contributed by atoms with Gasteiger partial charge in [-0.1, -0.05) is 12.1 Å². The molecule has 0 aliphatic carbocycles. The third-order valence-corrected chi connectivity index (χ3v) is 3.57. The fourth-order valence-electron chi connectivity index (χ4n) is 2.65. The average molecular weight is 279 g/mol. The molecule has 1 aromatic heterocycles. The Morgan fingerprint density at radius 3 is 2.67 bits per heavy atom. The molecule has 0 amide bonds. The summed E-state index contributed by atoms with van der Waals surface area (Å²) in [7, 11) is 0. The summed E-state index contributed by atoms with van der Waals surface area (Å²) in [6.07, 6.45) is 0. The highest BCUT2D eigenvalue weighted by Gasteiger charge is 2.17. The van der Waals surface area contributed by atoms with E-state index in [4.69, 9.17) is 9.47 Å². The molecule has 0 atom stereocenters. The van der Waals surface area contributed by atoms with Crippen molar-refractivity contribution in [1.29, 1.82) is 0 Å². The Morgan fingerprint density at radius 1 is 1.05 bits per heavy atom. The van der Waals surface area contributed by atoms with Crippen molar-refractivity contribution in [3.05, 3.63) is 48.2 Å². The molecule has 0 radical (unpaired) electrons. The van der Waals surface area contributed by atoms with Crippen LogP contribution < -0.4 is 9.47 Å². The zero-order chi connectivity index (χ0) is 14.4. The first kappa shape index (κ1) is 12.0. The first-order valence-corrected chi connectivity index (χ1v) is 6.71. The Morgan fingerprint density at radius 2 is 1.86 bits per heavy atom. The largest absolute Gasteiger partial charge is 0.508 e. The maximum atomic E-state index is 9.70. The second-order valence-electron chi connectivity index (χ2n) is 5.09. The number of hydrogen-bond donors (Lipinski definition) is 1. The van der Waals surface area contributed by atoms with Crippen LogP contribution in [0.15, 0.2) is 42.5 Å². The maximum absolute atomic E-state index is 9.70. The highest BCUT2D eigenvalue weighted by Crippen LogP contribution is 2.39. The monoisotopic (exact) mass is 279 g/mol. The SMILES string of the molecule is Cc1cc2cc3c(cc2c(-c2cccc(O)c2)n1)OCO3. The average Bonchev–Trinajstić information content (AvgIpc) is 2.91. The van der Waals surface area contributed by atoms with Crippen molar-refractivity contribution in [3.63, 3.8) is 0 Å². The van der Waals surface area contributed by atoms with E-state index in [1.807, 2.05) is 37.3 Å². The van der Waals surface area contributed by atoms with Gasteiger partial charge in [0.05, 0.1) is 5.69 Å². The Bertz CT molecular complexity index is 858. The van der Waals surface area contributed by atoms with E-state index < -0.39 is 0 Å². The molecule has 3 aromatic rings. The normalized spacial score (nSPS) is 12.8. The molecule has 1 N–H and O–H groups in total. The molecule has 4 nitrogen and oxygen atoms in total. The smallest absolute Gasteiger partial charge is 0.231 e. The van der Waals surface area contributed by atoms with Gasteiger partial charge in [0.1, 0.15) is 5.75 Å². The molecule has 2 aromatic carbocycles. The van der Waals surface area contributed by atoms with Crippen LogP contribution in [-0.4, -0.2) is 16.9 Å². The van der Waals surface area contributed by atoms with Gasteiger partial charge in [0.2, 0.25) is 6.79 Å². The molecule has 0 saturated carbocycles. The minimum atomic E-state index is 0.227. The number of pyridine rings is 1. The third kappa shape index (κ3) is 1.96. The van der Waals surface area contributed by atoms with E-state index in [9.17, 15) is 5.11 Å². The quantitative estimate of drug-likeness (QED) is 0.738. The summed E-state index contributed by atoms with van der Waals surface area (Å²) in [5.41, 5.74) is 2.63. The Kier molecular flexibility index (Phi) is 2.51. The molecule has 21 heavy (non-hydrogen) atoms. The highest BCUT2D eigenvalue weighted by molar-refractivity contribution is 5.97. The van der Waals surface area contributed by atoms with E-state index >= 15 is 0 Å². The molecule has 4 rings (SSSR count). The number of phenolic OH excluding ortho intramolecular Hbond substituents is 1. The molecule has 0 fully saturated rings. The lowest BCUT2D eigenvalue weighted by Gasteiger charge is -2.09. The van der Waals surface area contributed by atoms with Gasteiger partial charge in [0, 0.05) is 16.6 Å². The molecule has 0 spiro atoms. The second kappa shape index (κ2) is 4.38. The van der Waals surface area contributed by atoms with E-state index in [0.717, 1.165) is 39.2 Å². The van der Waals surface area contributed by atoms with Gasteiger partial charge in [-0.2, -0.15) is 0 Å². The number of ether oxygens (including phenoxy) is 2. The van der Waals surface area contributed by atoms with E-state index in [1.165, 1.54) is 0 Å². The van der Waals surface area contributed by atoms with Gasteiger partial charge in [-0.25, -0.2) is 0 Å². The number of benzene rings is 2. The number of hydrogen-bond acceptors (Lipinski definition) is 4. The lowest BCUT2D eigenvalue weighted by molar-refractivity contribution is 0.174. The summed E-state index contributed by atoms with van der Waals surface area (Å²) in [4.78, 5) is 4.63. The van der Waals surface area contributed by atoms with E-state index in [2.05, 4.69) is 4.98 Å². The van der Waals surface area contributed by atoms with Gasteiger partial charge in [-0.3, -0.25) is 4.98 Å². The van der Waals surface area contributed by atoms with Crippen molar-refractivity contribution in [3.8, 4) is 28.5 Å². The standard InChI is InChI=1S/C17H13NO3/c1-10-5-12-7-15-16(21-9-20-15)8-14(12)17(18-10)11-3-2-4-13(19)6-11/h2-8,19H,9H2,1H3. The second-order valence-corrected chi connectivity index (χ2v) is 5.09. The van der Waals surface area contributed by atoms with E-state index in [-0.39, 0.29) is 12.5 Å². The Balaban J connectivity index is 2.04. The number of nitrogens with zero attached hydrogens (tertiary/aromatic N) is 1. The van der Waals surface area contributed by atoms with Crippen molar-refractivity contribution in [2.24, 2.45) is 0 Å². The van der Waals surface area contributed by atoms with Gasteiger partial charge in [0.25, 0.3) is 0 Å². The fraction of sp³-hybridized carbons (Fsp3) is 0.118. The third-order valence-electron chi connectivity index (χ3n) is 3.57. The van der Waals surface area contributed by atoms with Crippen LogP contribution in [0.25, 0.3) is 22.0 Å². The van der Waals surface area contributed by atoms with Crippen molar-refractivity contribution in [1.82, 2.24) is 4.98 Å². The first-order valence-electron chi connectivity index (χ1n) is 6.71. The number of aromatic nitrogens is 1. The van der Waals surface area contributed by atoms with Crippen LogP contribution >= 0.6 is 0 Å². The molecule has 0 unspecified atom stereocenters. The minimum Gasteiger partial charge on any atom is -0.508 e. The van der Waals surface area contributed by atoms with Crippen LogP contribution in [0, 0.1) is 6.92 Å². The molecule has 2 heterocycles.